The second-order valence-electron chi connectivity index (χ2n) is 7.06. The van der Waals surface area contributed by atoms with Crippen LogP contribution in [0.4, 0.5) is 17.6 Å². The highest BCUT2D eigenvalue weighted by atomic mass is 127. The standard InChI is InChI=1S/C19H24F4N6O.HI/c1-12-27-28-17(29(12)2)11-26-18(25-10-15-4-3-7-30-15)24-9-13-5-6-14(20)8-16(13)19(21,22)23;/h5-6,8,15H,3-4,7,9-11H2,1-2H3,(H2,24,25,26);1H. The molecule has 1 aliphatic heterocycles. The van der Waals surface area contributed by atoms with Gasteiger partial charge in [-0.05, 0) is 37.5 Å². The maximum Gasteiger partial charge on any atom is 0.416 e. The number of aryl methyl sites for hydroxylation is 1. The minimum Gasteiger partial charge on any atom is -0.376 e. The number of rotatable bonds is 6. The first-order valence-corrected chi connectivity index (χ1v) is 9.58. The third kappa shape index (κ3) is 7.02. The Hall–Kier alpha value is -1.96. The number of alkyl halides is 3. The molecule has 172 valence electrons. The zero-order chi connectivity index (χ0) is 21.7. The molecule has 2 heterocycles. The number of ether oxygens (including phenoxy) is 1. The summed E-state index contributed by atoms with van der Waals surface area (Å²) >= 11 is 0. The van der Waals surface area contributed by atoms with Crippen molar-refractivity contribution < 1.29 is 22.3 Å². The van der Waals surface area contributed by atoms with Gasteiger partial charge in [0.05, 0.1) is 24.8 Å². The normalized spacial score (nSPS) is 16.8. The van der Waals surface area contributed by atoms with Gasteiger partial charge in [-0.1, -0.05) is 6.07 Å². The Morgan fingerprint density at radius 1 is 1.29 bits per heavy atom. The number of benzene rings is 1. The van der Waals surface area contributed by atoms with Crippen LogP contribution in [0.5, 0.6) is 0 Å². The molecular formula is C19H25F4IN6O. The third-order valence-electron chi connectivity index (χ3n) is 4.90. The molecule has 1 aliphatic rings. The lowest BCUT2D eigenvalue weighted by molar-refractivity contribution is -0.138. The zero-order valence-electron chi connectivity index (χ0n) is 17.2. The Morgan fingerprint density at radius 2 is 2.06 bits per heavy atom. The summed E-state index contributed by atoms with van der Waals surface area (Å²) in [5, 5.41) is 14.2. The van der Waals surface area contributed by atoms with Crippen molar-refractivity contribution >= 4 is 29.9 Å². The van der Waals surface area contributed by atoms with Gasteiger partial charge in [0.25, 0.3) is 0 Å². The van der Waals surface area contributed by atoms with Gasteiger partial charge in [-0.25, -0.2) is 9.38 Å². The van der Waals surface area contributed by atoms with Crippen LogP contribution in [0.3, 0.4) is 0 Å². The summed E-state index contributed by atoms with van der Waals surface area (Å²) < 4.78 is 60.4. The summed E-state index contributed by atoms with van der Waals surface area (Å²) in [7, 11) is 1.82. The maximum absolute atomic E-state index is 13.3. The van der Waals surface area contributed by atoms with Crippen LogP contribution in [0.25, 0.3) is 0 Å². The van der Waals surface area contributed by atoms with Crippen LogP contribution in [-0.4, -0.2) is 40.0 Å². The first-order chi connectivity index (χ1) is 14.2. The minimum absolute atomic E-state index is 0. The van der Waals surface area contributed by atoms with Crippen LogP contribution >= 0.6 is 24.0 Å². The van der Waals surface area contributed by atoms with E-state index in [1.54, 1.807) is 4.57 Å². The van der Waals surface area contributed by atoms with Crippen molar-refractivity contribution in [3.8, 4) is 0 Å². The molecule has 1 aromatic heterocycles. The topological polar surface area (TPSA) is 76.4 Å². The summed E-state index contributed by atoms with van der Waals surface area (Å²) in [6.07, 6.45) is -2.78. The number of nitrogens with one attached hydrogen (secondary N) is 2. The van der Waals surface area contributed by atoms with E-state index in [-0.39, 0.29) is 48.7 Å². The second-order valence-corrected chi connectivity index (χ2v) is 7.06. The fourth-order valence-electron chi connectivity index (χ4n) is 3.07. The van der Waals surface area contributed by atoms with E-state index in [0.717, 1.165) is 30.8 Å². The van der Waals surface area contributed by atoms with Gasteiger partial charge in [-0.2, -0.15) is 13.2 Å². The fourth-order valence-corrected chi connectivity index (χ4v) is 3.07. The predicted octanol–water partition coefficient (Wildman–Crippen LogP) is 3.31. The van der Waals surface area contributed by atoms with Gasteiger partial charge >= 0.3 is 6.18 Å². The molecule has 1 atom stereocenters. The molecule has 2 aromatic rings. The molecule has 0 spiro atoms. The molecule has 0 radical (unpaired) electrons. The van der Waals surface area contributed by atoms with Crippen LogP contribution in [0.2, 0.25) is 0 Å². The highest BCUT2D eigenvalue weighted by Gasteiger charge is 2.33. The summed E-state index contributed by atoms with van der Waals surface area (Å²) in [5.74, 6) is 0.752. The van der Waals surface area contributed by atoms with E-state index >= 15 is 0 Å². The van der Waals surface area contributed by atoms with E-state index in [1.807, 2.05) is 14.0 Å². The fraction of sp³-hybridized carbons (Fsp3) is 0.526. The molecule has 0 aliphatic carbocycles. The number of aliphatic imine (C=N–C) groups is 1. The van der Waals surface area contributed by atoms with Crippen molar-refractivity contribution in [2.75, 3.05) is 13.2 Å². The molecule has 1 aromatic carbocycles. The summed E-state index contributed by atoms with van der Waals surface area (Å²) in [5.41, 5.74) is -1.15. The average molecular weight is 556 g/mol. The second kappa shape index (κ2) is 11.1. The van der Waals surface area contributed by atoms with Gasteiger partial charge in [0.2, 0.25) is 0 Å². The average Bonchev–Trinajstić information content (AvgIpc) is 3.32. The van der Waals surface area contributed by atoms with Gasteiger partial charge in [0.1, 0.15) is 11.6 Å². The number of hydrogen-bond acceptors (Lipinski definition) is 4. The lowest BCUT2D eigenvalue weighted by atomic mass is 10.1. The molecule has 2 N–H and O–H groups in total. The third-order valence-corrected chi connectivity index (χ3v) is 4.90. The Bertz CT molecular complexity index is 896. The van der Waals surface area contributed by atoms with E-state index in [2.05, 4.69) is 25.8 Å². The van der Waals surface area contributed by atoms with Crippen molar-refractivity contribution in [1.82, 2.24) is 25.4 Å². The molecule has 1 saturated heterocycles. The van der Waals surface area contributed by atoms with E-state index in [1.165, 1.54) is 0 Å². The van der Waals surface area contributed by atoms with Gasteiger partial charge in [-0.3, -0.25) is 0 Å². The number of nitrogens with zero attached hydrogens (tertiary/aromatic N) is 4. The molecule has 7 nitrogen and oxygen atoms in total. The van der Waals surface area contributed by atoms with Crippen LogP contribution < -0.4 is 10.6 Å². The lowest BCUT2D eigenvalue weighted by Gasteiger charge is -2.16. The summed E-state index contributed by atoms with van der Waals surface area (Å²) in [6.45, 7) is 2.99. The van der Waals surface area contributed by atoms with E-state index < -0.39 is 17.6 Å². The van der Waals surface area contributed by atoms with Crippen molar-refractivity contribution in [2.45, 2.75) is 45.1 Å². The maximum atomic E-state index is 13.3. The molecule has 1 unspecified atom stereocenters. The van der Waals surface area contributed by atoms with Gasteiger partial charge in [-0.15, -0.1) is 34.2 Å². The molecule has 0 bridgehead atoms. The van der Waals surface area contributed by atoms with E-state index in [9.17, 15) is 17.6 Å². The largest absolute Gasteiger partial charge is 0.416 e. The zero-order valence-corrected chi connectivity index (χ0v) is 19.5. The number of guanidine groups is 1. The molecule has 1 fully saturated rings. The van der Waals surface area contributed by atoms with Crippen molar-refractivity contribution in [3.63, 3.8) is 0 Å². The molecule has 3 rings (SSSR count). The van der Waals surface area contributed by atoms with E-state index in [0.29, 0.717) is 31.0 Å². The van der Waals surface area contributed by atoms with Gasteiger partial charge in [0.15, 0.2) is 11.8 Å². The van der Waals surface area contributed by atoms with Crippen molar-refractivity contribution in [3.05, 3.63) is 46.8 Å². The smallest absolute Gasteiger partial charge is 0.376 e. The molecule has 31 heavy (non-hydrogen) atoms. The lowest BCUT2D eigenvalue weighted by Crippen LogP contribution is -2.41. The Labute approximate surface area is 194 Å². The van der Waals surface area contributed by atoms with Crippen molar-refractivity contribution in [2.24, 2.45) is 12.0 Å². The Morgan fingerprint density at radius 3 is 2.68 bits per heavy atom. The molecular weight excluding hydrogens is 531 g/mol. The summed E-state index contributed by atoms with van der Waals surface area (Å²) in [6, 6.07) is 2.58. The quantitative estimate of drug-likeness (QED) is 0.247. The number of hydrogen-bond donors (Lipinski definition) is 2. The molecule has 0 saturated carbocycles. The van der Waals surface area contributed by atoms with Crippen molar-refractivity contribution in [1.29, 1.82) is 0 Å². The minimum atomic E-state index is -4.66. The Kier molecular flexibility index (Phi) is 9.03. The highest BCUT2D eigenvalue weighted by molar-refractivity contribution is 14.0. The van der Waals surface area contributed by atoms with Gasteiger partial charge in [0, 0.05) is 20.2 Å². The Balaban J connectivity index is 0.00000341. The van der Waals surface area contributed by atoms with Crippen LogP contribution in [0.1, 0.15) is 35.6 Å². The highest BCUT2D eigenvalue weighted by Crippen LogP contribution is 2.32. The number of halogens is 5. The van der Waals surface area contributed by atoms with Crippen LogP contribution in [0, 0.1) is 12.7 Å². The summed E-state index contributed by atoms with van der Waals surface area (Å²) in [4.78, 5) is 4.27. The molecule has 12 heteroatoms. The first-order valence-electron chi connectivity index (χ1n) is 9.58. The number of aromatic nitrogens is 3. The first kappa shape index (κ1) is 25.3. The molecule has 0 amide bonds. The van der Waals surface area contributed by atoms with Crippen LogP contribution in [-0.2, 0) is 31.1 Å². The van der Waals surface area contributed by atoms with E-state index in [4.69, 9.17) is 4.74 Å². The SMILES string of the molecule is Cc1nnc(CNC(=NCc2ccc(F)cc2C(F)(F)F)NCC2CCCO2)n1C.I. The van der Waals surface area contributed by atoms with Gasteiger partial charge < -0.3 is 19.9 Å². The predicted molar refractivity (Wildman–Crippen MR) is 118 cm³/mol. The monoisotopic (exact) mass is 556 g/mol. The van der Waals surface area contributed by atoms with Crippen LogP contribution in [0.15, 0.2) is 23.2 Å².